The van der Waals surface area contributed by atoms with Crippen LogP contribution in [0.2, 0.25) is 0 Å². The molecule has 128 valence electrons. The van der Waals surface area contributed by atoms with E-state index in [9.17, 15) is 4.79 Å². The Bertz CT molecular complexity index is 750. The number of hydrogen-bond acceptors (Lipinski definition) is 5. The largest absolute Gasteiger partial charge is 0.341 e. The minimum absolute atomic E-state index is 0.0756. The normalized spacial score (nSPS) is 16.0. The number of anilines is 2. The van der Waals surface area contributed by atoms with Crippen molar-refractivity contribution in [2.24, 2.45) is 0 Å². The molecule has 1 aromatic carbocycles. The molecule has 0 unspecified atom stereocenters. The van der Waals surface area contributed by atoms with Gasteiger partial charge in [0.2, 0.25) is 11.9 Å². The lowest BCUT2D eigenvalue weighted by Gasteiger charge is -2.35. The maximum absolute atomic E-state index is 11.2. The Morgan fingerprint density at radius 2 is 1.96 bits per heavy atom. The van der Waals surface area contributed by atoms with Crippen LogP contribution in [0.25, 0.3) is 10.9 Å². The smallest absolute Gasteiger partial charge is 0.226 e. The van der Waals surface area contributed by atoms with Crippen molar-refractivity contribution in [3.63, 3.8) is 0 Å². The Morgan fingerprint density at radius 1 is 1.25 bits per heavy atom. The summed E-state index contributed by atoms with van der Waals surface area (Å²) in [4.78, 5) is 25.2. The fourth-order valence-corrected chi connectivity index (χ4v) is 3.27. The van der Waals surface area contributed by atoms with Gasteiger partial charge in [-0.05, 0) is 52.1 Å². The van der Waals surface area contributed by atoms with Crippen LogP contribution in [0.15, 0.2) is 18.2 Å². The molecule has 1 fully saturated rings. The maximum Gasteiger partial charge on any atom is 0.226 e. The quantitative estimate of drug-likeness (QED) is 0.938. The Labute approximate surface area is 142 Å². The molecule has 0 bridgehead atoms. The molecule has 3 rings (SSSR count). The lowest BCUT2D eigenvalue weighted by molar-refractivity contribution is -0.114. The van der Waals surface area contributed by atoms with Crippen molar-refractivity contribution in [3.05, 3.63) is 23.9 Å². The maximum atomic E-state index is 11.2. The number of hydrogen-bond donors (Lipinski definition) is 1. The van der Waals surface area contributed by atoms with E-state index >= 15 is 0 Å². The molecule has 6 nitrogen and oxygen atoms in total. The molecule has 0 spiro atoms. The zero-order valence-corrected chi connectivity index (χ0v) is 14.8. The van der Waals surface area contributed by atoms with E-state index in [1.165, 1.54) is 6.92 Å². The number of aryl methyl sites for hydroxylation is 1. The Kier molecular flexibility index (Phi) is 4.66. The standard InChI is InChI=1S/C18H25N5O/c1-12-16-11-14(20-13(2)24)5-6-17(16)21-18(19-12)23-9-7-15(8-10-23)22(3)4/h5-6,11,15H,7-10H2,1-4H3,(H,20,24). The Balaban J connectivity index is 1.85. The minimum Gasteiger partial charge on any atom is -0.341 e. The summed E-state index contributed by atoms with van der Waals surface area (Å²) < 4.78 is 0. The highest BCUT2D eigenvalue weighted by Crippen LogP contribution is 2.25. The van der Waals surface area contributed by atoms with Crippen LogP contribution in [0.3, 0.4) is 0 Å². The fourth-order valence-electron chi connectivity index (χ4n) is 3.27. The van der Waals surface area contributed by atoms with E-state index in [-0.39, 0.29) is 5.91 Å². The molecule has 1 aliphatic heterocycles. The molecule has 1 saturated heterocycles. The summed E-state index contributed by atoms with van der Waals surface area (Å²) in [6, 6.07) is 6.42. The summed E-state index contributed by atoms with van der Waals surface area (Å²) in [5.74, 6) is 0.734. The molecule has 1 aliphatic rings. The highest BCUT2D eigenvalue weighted by molar-refractivity contribution is 5.93. The van der Waals surface area contributed by atoms with E-state index < -0.39 is 0 Å². The van der Waals surface area contributed by atoms with Gasteiger partial charge < -0.3 is 15.1 Å². The van der Waals surface area contributed by atoms with E-state index in [0.717, 1.165) is 54.2 Å². The first-order chi connectivity index (χ1) is 11.4. The van der Waals surface area contributed by atoms with Crippen molar-refractivity contribution in [1.29, 1.82) is 0 Å². The van der Waals surface area contributed by atoms with Gasteiger partial charge in [0.25, 0.3) is 0 Å². The molecule has 0 aliphatic carbocycles. The van der Waals surface area contributed by atoms with E-state index in [4.69, 9.17) is 9.97 Å². The predicted octanol–water partition coefficient (Wildman–Crippen LogP) is 2.43. The van der Waals surface area contributed by atoms with Crippen LogP contribution in [0.5, 0.6) is 0 Å². The molecule has 2 aromatic rings. The number of nitrogens with one attached hydrogen (secondary N) is 1. The number of carbonyl (C=O) groups excluding carboxylic acids is 1. The van der Waals surface area contributed by atoms with Gasteiger partial charge in [0.05, 0.1) is 11.2 Å². The highest BCUT2D eigenvalue weighted by atomic mass is 16.1. The number of benzene rings is 1. The molecule has 1 amide bonds. The van der Waals surface area contributed by atoms with E-state index in [1.54, 1.807) is 0 Å². The summed E-state index contributed by atoms with van der Waals surface area (Å²) in [7, 11) is 4.29. The molecular weight excluding hydrogens is 302 g/mol. The Morgan fingerprint density at radius 3 is 2.58 bits per heavy atom. The molecular formula is C18H25N5O. The van der Waals surface area contributed by atoms with Crippen LogP contribution in [0.1, 0.15) is 25.5 Å². The van der Waals surface area contributed by atoms with Crippen molar-refractivity contribution in [2.75, 3.05) is 37.4 Å². The molecule has 1 aromatic heterocycles. The summed E-state index contributed by atoms with van der Waals surface area (Å²) in [6.45, 7) is 5.47. The van der Waals surface area contributed by atoms with E-state index in [0.29, 0.717) is 6.04 Å². The second-order valence-electron chi connectivity index (χ2n) is 6.70. The number of rotatable bonds is 3. The minimum atomic E-state index is -0.0756. The highest BCUT2D eigenvalue weighted by Gasteiger charge is 2.22. The summed E-state index contributed by atoms with van der Waals surface area (Å²) >= 11 is 0. The zero-order valence-electron chi connectivity index (χ0n) is 14.8. The number of fused-ring (bicyclic) bond motifs is 1. The molecule has 24 heavy (non-hydrogen) atoms. The van der Waals surface area contributed by atoms with Gasteiger partial charge in [-0.2, -0.15) is 0 Å². The number of nitrogens with zero attached hydrogens (tertiary/aromatic N) is 4. The molecule has 0 atom stereocenters. The third-order valence-corrected chi connectivity index (χ3v) is 4.67. The van der Waals surface area contributed by atoms with Gasteiger partial charge in [-0.1, -0.05) is 0 Å². The monoisotopic (exact) mass is 327 g/mol. The van der Waals surface area contributed by atoms with Gasteiger partial charge in [-0.3, -0.25) is 4.79 Å². The van der Waals surface area contributed by atoms with Gasteiger partial charge in [-0.25, -0.2) is 9.97 Å². The van der Waals surface area contributed by atoms with Gasteiger partial charge in [0.15, 0.2) is 0 Å². The molecule has 6 heteroatoms. The van der Waals surface area contributed by atoms with Crippen molar-refractivity contribution in [3.8, 4) is 0 Å². The van der Waals surface area contributed by atoms with E-state index in [2.05, 4.69) is 29.2 Å². The third-order valence-electron chi connectivity index (χ3n) is 4.67. The van der Waals surface area contributed by atoms with Crippen LogP contribution in [0.4, 0.5) is 11.6 Å². The lowest BCUT2D eigenvalue weighted by atomic mass is 10.0. The SMILES string of the molecule is CC(=O)Nc1ccc2nc(N3CCC(N(C)C)CC3)nc(C)c2c1. The molecule has 0 saturated carbocycles. The van der Waals surface area contributed by atoms with Gasteiger partial charge in [0, 0.05) is 37.1 Å². The van der Waals surface area contributed by atoms with E-state index in [1.807, 2.05) is 25.1 Å². The predicted molar refractivity (Wildman–Crippen MR) is 97.5 cm³/mol. The topological polar surface area (TPSA) is 61.4 Å². The number of amides is 1. The fraction of sp³-hybridized carbons (Fsp3) is 0.500. The third kappa shape index (κ3) is 3.48. The molecule has 0 radical (unpaired) electrons. The lowest BCUT2D eigenvalue weighted by Crippen LogP contribution is -2.42. The summed E-state index contributed by atoms with van der Waals surface area (Å²) in [5.41, 5.74) is 2.64. The average Bonchev–Trinajstić information content (AvgIpc) is 2.55. The number of carbonyl (C=O) groups is 1. The van der Waals surface area contributed by atoms with Crippen LogP contribution in [0, 0.1) is 6.92 Å². The van der Waals surface area contributed by atoms with Gasteiger partial charge >= 0.3 is 0 Å². The van der Waals surface area contributed by atoms with Crippen LogP contribution < -0.4 is 10.2 Å². The summed E-state index contributed by atoms with van der Waals surface area (Å²) in [5, 5.41) is 3.79. The van der Waals surface area contributed by atoms with Crippen molar-refractivity contribution < 1.29 is 4.79 Å². The second-order valence-corrected chi connectivity index (χ2v) is 6.70. The number of aromatic nitrogens is 2. The Hall–Kier alpha value is -2.21. The van der Waals surface area contributed by atoms with Crippen LogP contribution in [-0.2, 0) is 4.79 Å². The van der Waals surface area contributed by atoms with Crippen LogP contribution in [-0.4, -0.2) is 54.0 Å². The van der Waals surface area contributed by atoms with Gasteiger partial charge in [-0.15, -0.1) is 0 Å². The zero-order chi connectivity index (χ0) is 17.3. The summed E-state index contributed by atoms with van der Waals surface area (Å²) in [6.07, 6.45) is 2.27. The molecule has 1 N–H and O–H groups in total. The van der Waals surface area contributed by atoms with Crippen LogP contribution >= 0.6 is 0 Å². The first-order valence-electron chi connectivity index (χ1n) is 8.41. The number of piperidine rings is 1. The first kappa shape index (κ1) is 16.6. The van der Waals surface area contributed by atoms with Gasteiger partial charge in [0.1, 0.15) is 0 Å². The van der Waals surface area contributed by atoms with Crippen molar-refractivity contribution in [2.45, 2.75) is 32.7 Å². The average molecular weight is 327 g/mol. The van der Waals surface area contributed by atoms with Crippen molar-refractivity contribution in [1.82, 2.24) is 14.9 Å². The second kappa shape index (κ2) is 6.73. The molecule has 2 heterocycles. The first-order valence-corrected chi connectivity index (χ1v) is 8.41. The van der Waals surface area contributed by atoms with Crippen molar-refractivity contribution >= 4 is 28.4 Å².